The van der Waals surface area contributed by atoms with Crippen LogP contribution in [-0.2, 0) is 41.6 Å². The minimum absolute atomic E-state index is 0.140. The van der Waals surface area contributed by atoms with E-state index in [-0.39, 0.29) is 18.5 Å². The number of allylic oxidation sites excluding steroid dienone is 1. The molecule has 1 aromatic rings. The van der Waals surface area contributed by atoms with Crippen molar-refractivity contribution in [1.82, 2.24) is 0 Å². The van der Waals surface area contributed by atoms with Gasteiger partial charge in [-0.15, -0.1) is 0 Å². The van der Waals surface area contributed by atoms with Crippen LogP contribution >= 0.6 is 0 Å². The fourth-order valence-electron chi connectivity index (χ4n) is 4.24. The zero-order valence-electron chi connectivity index (χ0n) is 17.2. The average molecular weight is 402 g/mol. The number of hydrogen-bond donors (Lipinski definition) is 0. The molecule has 4 rings (SSSR count). The topological polar surface area (TPSA) is 84.2 Å². The Morgan fingerprint density at radius 2 is 2.10 bits per heavy atom. The quantitative estimate of drug-likeness (QED) is 0.698. The number of fused-ring (bicyclic) bond motifs is 5. The summed E-state index contributed by atoms with van der Waals surface area (Å²) in [5, 5.41) is 0. The summed E-state index contributed by atoms with van der Waals surface area (Å²) in [5.74, 6) is -0.142. The largest absolute Gasteiger partial charge is 0.463 e. The minimum Gasteiger partial charge on any atom is -0.463 e. The molecule has 0 N–H and O–H groups in total. The maximum atomic E-state index is 12.2. The first-order chi connectivity index (χ1) is 13.7. The zero-order valence-corrected chi connectivity index (χ0v) is 17.2. The van der Waals surface area contributed by atoms with Crippen LogP contribution in [-0.4, -0.2) is 29.4 Å². The van der Waals surface area contributed by atoms with Gasteiger partial charge in [0.2, 0.25) is 0 Å². The van der Waals surface area contributed by atoms with Crippen molar-refractivity contribution in [2.45, 2.75) is 77.2 Å². The molecule has 1 aromatic heterocycles. The third-order valence-electron chi connectivity index (χ3n) is 5.34. The highest BCUT2D eigenvalue weighted by Gasteiger charge is 2.54. The standard InChI is InChI=1S/C22H26O7/c1-13(23)25-12-15-10-18-19-22(4,29-21(2,3)28-19)11-16-9-14(20(24)26-16)7-5-6-8-17(15)27-18/h5,7,9-10,16,19H,6,8,11-12H2,1-4H3/b7-5-/t16-,19+,22-/m1/s1. The van der Waals surface area contributed by atoms with Gasteiger partial charge in [-0.05, 0) is 39.3 Å². The Morgan fingerprint density at radius 1 is 1.31 bits per heavy atom. The van der Waals surface area contributed by atoms with E-state index in [9.17, 15) is 9.59 Å². The van der Waals surface area contributed by atoms with Crippen molar-refractivity contribution < 1.29 is 33.0 Å². The van der Waals surface area contributed by atoms with Gasteiger partial charge in [-0.1, -0.05) is 12.2 Å². The van der Waals surface area contributed by atoms with E-state index >= 15 is 0 Å². The van der Waals surface area contributed by atoms with E-state index in [0.717, 1.165) is 11.3 Å². The van der Waals surface area contributed by atoms with Crippen molar-refractivity contribution in [1.29, 1.82) is 0 Å². The molecule has 0 aromatic carbocycles. The molecule has 3 aliphatic heterocycles. The Bertz CT molecular complexity index is 891. The normalized spacial score (nSPS) is 31.6. The number of esters is 2. The van der Waals surface area contributed by atoms with Gasteiger partial charge in [0.1, 0.15) is 35.9 Å². The minimum atomic E-state index is -0.825. The Morgan fingerprint density at radius 3 is 2.86 bits per heavy atom. The Hall–Kier alpha value is -2.38. The first-order valence-electron chi connectivity index (χ1n) is 9.87. The molecule has 1 fully saturated rings. The van der Waals surface area contributed by atoms with Crippen LogP contribution in [0.1, 0.15) is 63.7 Å². The zero-order chi connectivity index (χ0) is 20.8. The van der Waals surface area contributed by atoms with Crippen LogP contribution < -0.4 is 0 Å². The number of carbonyl (C=O) groups excluding carboxylic acids is 2. The molecule has 4 heterocycles. The molecule has 29 heavy (non-hydrogen) atoms. The summed E-state index contributed by atoms with van der Waals surface area (Å²) < 4.78 is 29.4. The second-order valence-corrected chi connectivity index (χ2v) is 8.40. The molecule has 3 aliphatic rings. The second-order valence-electron chi connectivity index (χ2n) is 8.40. The number of aryl methyl sites for hydroxylation is 1. The van der Waals surface area contributed by atoms with Crippen LogP contribution in [0.3, 0.4) is 0 Å². The molecule has 156 valence electrons. The number of furan rings is 1. The molecule has 4 bridgehead atoms. The number of rotatable bonds is 2. The first-order valence-corrected chi connectivity index (χ1v) is 9.87. The molecule has 3 atom stereocenters. The molecule has 0 spiro atoms. The van der Waals surface area contributed by atoms with Crippen LogP contribution in [0.15, 0.2) is 34.3 Å². The number of hydrogen-bond acceptors (Lipinski definition) is 7. The van der Waals surface area contributed by atoms with Gasteiger partial charge in [0.25, 0.3) is 0 Å². The average Bonchev–Trinajstić information content (AvgIpc) is 3.23. The first kappa shape index (κ1) is 19.9. The lowest BCUT2D eigenvalue weighted by Crippen LogP contribution is -2.36. The Labute approximate surface area is 169 Å². The summed E-state index contributed by atoms with van der Waals surface area (Å²) in [6, 6.07) is 1.88. The molecular weight excluding hydrogens is 376 g/mol. The van der Waals surface area contributed by atoms with E-state index in [1.54, 1.807) is 6.08 Å². The van der Waals surface area contributed by atoms with Gasteiger partial charge in [0.05, 0.1) is 5.57 Å². The molecule has 0 saturated carbocycles. The van der Waals surface area contributed by atoms with E-state index in [4.69, 9.17) is 23.4 Å². The second kappa shape index (κ2) is 7.15. The van der Waals surface area contributed by atoms with Gasteiger partial charge < -0.3 is 23.4 Å². The van der Waals surface area contributed by atoms with Crippen molar-refractivity contribution in [3.63, 3.8) is 0 Å². The molecule has 7 heteroatoms. The van der Waals surface area contributed by atoms with Gasteiger partial charge in [-0.3, -0.25) is 4.79 Å². The highest BCUT2D eigenvalue weighted by atomic mass is 16.8. The molecule has 0 aliphatic carbocycles. The predicted octanol–water partition coefficient (Wildman–Crippen LogP) is 3.67. The molecular formula is C22H26O7. The monoisotopic (exact) mass is 402 g/mol. The van der Waals surface area contributed by atoms with Gasteiger partial charge in [-0.2, -0.15) is 0 Å². The maximum Gasteiger partial charge on any atom is 0.338 e. The van der Waals surface area contributed by atoms with Crippen LogP contribution in [0.25, 0.3) is 0 Å². The molecule has 1 saturated heterocycles. The van der Waals surface area contributed by atoms with E-state index in [0.29, 0.717) is 30.6 Å². The van der Waals surface area contributed by atoms with Gasteiger partial charge in [-0.25, -0.2) is 4.79 Å². The van der Waals surface area contributed by atoms with Gasteiger partial charge >= 0.3 is 11.9 Å². The Kier molecular flexibility index (Phi) is 4.91. The van der Waals surface area contributed by atoms with Crippen LogP contribution in [0, 0.1) is 0 Å². The maximum absolute atomic E-state index is 12.2. The SMILES string of the molecule is CC(=O)OCc1cc2oc1CC/C=C\C1=C[C@H](C[C@@]3(C)OC(C)(C)O[C@@H]23)OC1=O. The number of ether oxygens (including phenoxy) is 4. The molecule has 0 unspecified atom stereocenters. The van der Waals surface area contributed by atoms with E-state index in [1.807, 2.05) is 39.0 Å². The summed E-state index contributed by atoms with van der Waals surface area (Å²) in [7, 11) is 0. The van der Waals surface area contributed by atoms with E-state index in [2.05, 4.69) is 0 Å². The highest BCUT2D eigenvalue weighted by Crippen LogP contribution is 2.49. The smallest absolute Gasteiger partial charge is 0.338 e. The van der Waals surface area contributed by atoms with Crippen molar-refractivity contribution >= 4 is 11.9 Å². The molecule has 7 nitrogen and oxygen atoms in total. The summed E-state index contributed by atoms with van der Waals surface area (Å²) in [5.41, 5.74) is 0.587. The lowest BCUT2D eigenvalue weighted by atomic mass is 9.90. The third kappa shape index (κ3) is 4.02. The van der Waals surface area contributed by atoms with Crippen molar-refractivity contribution in [2.75, 3.05) is 0 Å². The Balaban J connectivity index is 1.74. The summed E-state index contributed by atoms with van der Waals surface area (Å²) in [6.07, 6.45) is 6.35. The van der Waals surface area contributed by atoms with Crippen LogP contribution in [0.5, 0.6) is 0 Å². The summed E-state index contributed by atoms with van der Waals surface area (Å²) >= 11 is 0. The van der Waals surface area contributed by atoms with Gasteiger partial charge in [0.15, 0.2) is 5.79 Å². The summed E-state index contributed by atoms with van der Waals surface area (Å²) in [4.78, 5) is 23.5. The van der Waals surface area contributed by atoms with Gasteiger partial charge in [0, 0.05) is 25.3 Å². The van der Waals surface area contributed by atoms with E-state index in [1.165, 1.54) is 6.92 Å². The molecule has 0 radical (unpaired) electrons. The van der Waals surface area contributed by atoms with Crippen molar-refractivity contribution in [2.24, 2.45) is 0 Å². The van der Waals surface area contributed by atoms with Crippen molar-refractivity contribution in [3.05, 3.63) is 47.0 Å². The predicted molar refractivity (Wildman–Crippen MR) is 102 cm³/mol. The fourth-order valence-corrected chi connectivity index (χ4v) is 4.24. The fraction of sp³-hybridized carbons (Fsp3) is 0.545. The van der Waals surface area contributed by atoms with E-state index < -0.39 is 23.6 Å². The summed E-state index contributed by atoms with van der Waals surface area (Å²) in [6.45, 7) is 7.16. The highest BCUT2D eigenvalue weighted by molar-refractivity contribution is 5.93. The number of carbonyl (C=O) groups is 2. The van der Waals surface area contributed by atoms with Crippen LogP contribution in [0.2, 0.25) is 0 Å². The van der Waals surface area contributed by atoms with Crippen LogP contribution in [0.4, 0.5) is 0 Å². The van der Waals surface area contributed by atoms with Crippen molar-refractivity contribution in [3.8, 4) is 0 Å². The third-order valence-corrected chi connectivity index (χ3v) is 5.34. The lowest BCUT2D eigenvalue weighted by Gasteiger charge is -2.29. The molecule has 0 amide bonds. The lowest BCUT2D eigenvalue weighted by molar-refractivity contribution is -0.166.